The van der Waals surface area contributed by atoms with E-state index in [1.165, 1.54) is 12.1 Å². The second-order valence-corrected chi connectivity index (χ2v) is 6.58. The van der Waals surface area contributed by atoms with Gasteiger partial charge in [-0.15, -0.1) is 0 Å². The number of halogens is 3. The fourth-order valence-electron chi connectivity index (χ4n) is 2.86. The summed E-state index contributed by atoms with van der Waals surface area (Å²) < 4.78 is 13.1. The molecule has 0 spiro atoms. The van der Waals surface area contributed by atoms with Gasteiger partial charge < -0.3 is 9.80 Å². The Morgan fingerprint density at radius 2 is 1.71 bits per heavy atom. The molecule has 126 valence electrons. The summed E-state index contributed by atoms with van der Waals surface area (Å²) in [6.07, 6.45) is 0.835. The lowest BCUT2D eigenvalue weighted by Gasteiger charge is -2.24. The zero-order valence-electron chi connectivity index (χ0n) is 13.0. The van der Waals surface area contributed by atoms with Gasteiger partial charge in [-0.1, -0.05) is 23.2 Å². The van der Waals surface area contributed by atoms with Crippen molar-refractivity contribution in [3.05, 3.63) is 63.9 Å². The largest absolute Gasteiger partial charge is 0.370 e. The molecule has 3 rings (SSSR count). The molecule has 2 aromatic rings. The molecule has 0 N–H and O–H groups in total. The molecule has 0 saturated carbocycles. The Kier molecular flexibility index (Phi) is 5.27. The fraction of sp³-hybridized carbons (Fsp3) is 0.278. The average Bonchev–Trinajstić information content (AvgIpc) is 2.83. The van der Waals surface area contributed by atoms with Crippen molar-refractivity contribution in [3.63, 3.8) is 0 Å². The standard InChI is InChI=1S/C18H17Cl2FN2O/c19-13-2-7-17(20)16(12-13)18(24)23-9-1-8-22(10-11-23)15-5-3-14(21)4-6-15/h2-7,12H,1,8-11H2. The van der Waals surface area contributed by atoms with Crippen molar-refractivity contribution < 1.29 is 9.18 Å². The SMILES string of the molecule is O=C(c1cc(Cl)ccc1Cl)N1CCCN(c2ccc(F)cc2)CC1. The van der Waals surface area contributed by atoms with Gasteiger partial charge in [-0.2, -0.15) is 0 Å². The van der Waals surface area contributed by atoms with Crippen LogP contribution in [0.2, 0.25) is 10.0 Å². The molecule has 1 amide bonds. The smallest absolute Gasteiger partial charge is 0.255 e. The van der Waals surface area contributed by atoms with E-state index in [0.29, 0.717) is 35.2 Å². The van der Waals surface area contributed by atoms with E-state index in [0.717, 1.165) is 18.7 Å². The Labute approximate surface area is 150 Å². The number of anilines is 1. The van der Waals surface area contributed by atoms with Crippen molar-refractivity contribution in [2.75, 3.05) is 31.1 Å². The highest BCUT2D eigenvalue weighted by atomic mass is 35.5. The van der Waals surface area contributed by atoms with Crippen LogP contribution in [0, 0.1) is 5.82 Å². The van der Waals surface area contributed by atoms with E-state index in [1.807, 2.05) is 0 Å². The Hall–Kier alpha value is -1.78. The van der Waals surface area contributed by atoms with Crippen LogP contribution in [0.25, 0.3) is 0 Å². The molecule has 1 aliphatic heterocycles. The summed E-state index contributed by atoms with van der Waals surface area (Å²) in [7, 11) is 0. The number of hydrogen-bond donors (Lipinski definition) is 0. The predicted octanol–water partition coefficient (Wildman–Crippen LogP) is 4.49. The first-order valence-corrected chi connectivity index (χ1v) is 8.55. The molecule has 0 aliphatic carbocycles. The van der Waals surface area contributed by atoms with Crippen LogP contribution in [-0.4, -0.2) is 37.0 Å². The highest BCUT2D eigenvalue weighted by Crippen LogP contribution is 2.23. The summed E-state index contributed by atoms with van der Waals surface area (Å²) in [6, 6.07) is 11.3. The second-order valence-electron chi connectivity index (χ2n) is 5.73. The van der Waals surface area contributed by atoms with Gasteiger partial charge in [-0.05, 0) is 48.9 Å². The van der Waals surface area contributed by atoms with Crippen LogP contribution in [-0.2, 0) is 0 Å². The monoisotopic (exact) mass is 366 g/mol. The van der Waals surface area contributed by atoms with Gasteiger partial charge in [0, 0.05) is 36.9 Å². The van der Waals surface area contributed by atoms with Crippen LogP contribution in [0.3, 0.4) is 0 Å². The summed E-state index contributed by atoms with van der Waals surface area (Å²) in [4.78, 5) is 16.7. The van der Waals surface area contributed by atoms with E-state index >= 15 is 0 Å². The van der Waals surface area contributed by atoms with Crippen LogP contribution in [0.5, 0.6) is 0 Å². The number of nitrogens with zero attached hydrogens (tertiary/aromatic N) is 2. The van der Waals surface area contributed by atoms with Gasteiger partial charge in [0.15, 0.2) is 0 Å². The first-order valence-electron chi connectivity index (χ1n) is 7.79. The van der Waals surface area contributed by atoms with E-state index in [-0.39, 0.29) is 11.7 Å². The maximum Gasteiger partial charge on any atom is 0.255 e. The lowest BCUT2D eigenvalue weighted by molar-refractivity contribution is 0.0767. The van der Waals surface area contributed by atoms with Crippen LogP contribution in [0.4, 0.5) is 10.1 Å². The molecule has 24 heavy (non-hydrogen) atoms. The average molecular weight is 367 g/mol. The molecule has 0 unspecified atom stereocenters. The lowest BCUT2D eigenvalue weighted by Crippen LogP contribution is -2.35. The van der Waals surface area contributed by atoms with Crippen molar-refractivity contribution in [1.82, 2.24) is 4.90 Å². The van der Waals surface area contributed by atoms with Gasteiger partial charge in [-0.25, -0.2) is 4.39 Å². The number of carbonyl (C=O) groups excluding carboxylic acids is 1. The molecule has 0 radical (unpaired) electrons. The van der Waals surface area contributed by atoms with Gasteiger partial charge in [0.2, 0.25) is 0 Å². The Morgan fingerprint density at radius 3 is 2.46 bits per heavy atom. The molecular weight excluding hydrogens is 350 g/mol. The third kappa shape index (κ3) is 3.82. The zero-order valence-corrected chi connectivity index (χ0v) is 14.5. The lowest BCUT2D eigenvalue weighted by atomic mass is 10.2. The second kappa shape index (κ2) is 7.41. The van der Waals surface area contributed by atoms with Gasteiger partial charge in [0.25, 0.3) is 5.91 Å². The van der Waals surface area contributed by atoms with E-state index in [2.05, 4.69) is 4.90 Å². The van der Waals surface area contributed by atoms with Crippen molar-refractivity contribution >= 4 is 34.8 Å². The highest BCUT2D eigenvalue weighted by Gasteiger charge is 2.22. The van der Waals surface area contributed by atoms with E-state index < -0.39 is 0 Å². The molecular formula is C18H17Cl2FN2O. The Morgan fingerprint density at radius 1 is 0.958 bits per heavy atom. The van der Waals surface area contributed by atoms with Crippen molar-refractivity contribution in [2.24, 2.45) is 0 Å². The van der Waals surface area contributed by atoms with Gasteiger partial charge >= 0.3 is 0 Å². The summed E-state index contributed by atoms with van der Waals surface area (Å²) in [5, 5.41) is 0.898. The molecule has 1 saturated heterocycles. The van der Waals surface area contributed by atoms with Crippen molar-refractivity contribution in [1.29, 1.82) is 0 Å². The maximum absolute atomic E-state index is 13.1. The zero-order chi connectivity index (χ0) is 17.1. The van der Waals surface area contributed by atoms with Crippen LogP contribution in [0.1, 0.15) is 16.8 Å². The predicted molar refractivity (Wildman–Crippen MR) is 95.6 cm³/mol. The molecule has 0 aromatic heterocycles. The molecule has 0 bridgehead atoms. The van der Waals surface area contributed by atoms with Gasteiger partial charge in [0.1, 0.15) is 5.82 Å². The van der Waals surface area contributed by atoms with E-state index in [4.69, 9.17) is 23.2 Å². The number of amides is 1. The summed E-state index contributed by atoms with van der Waals surface area (Å²) in [5.74, 6) is -0.357. The minimum absolute atomic E-state index is 0.108. The first kappa shape index (κ1) is 17.1. The van der Waals surface area contributed by atoms with Gasteiger partial charge in [-0.3, -0.25) is 4.79 Å². The summed E-state index contributed by atoms with van der Waals surface area (Å²) in [6.45, 7) is 2.74. The third-order valence-corrected chi connectivity index (χ3v) is 4.70. The highest BCUT2D eigenvalue weighted by molar-refractivity contribution is 6.35. The quantitative estimate of drug-likeness (QED) is 0.781. The first-order chi connectivity index (χ1) is 11.5. The molecule has 1 aliphatic rings. The number of carbonyl (C=O) groups is 1. The third-order valence-electron chi connectivity index (χ3n) is 4.13. The van der Waals surface area contributed by atoms with Crippen LogP contribution < -0.4 is 4.90 Å². The molecule has 6 heteroatoms. The minimum atomic E-state index is -0.249. The van der Waals surface area contributed by atoms with E-state index in [9.17, 15) is 9.18 Å². The number of benzene rings is 2. The summed E-state index contributed by atoms with van der Waals surface area (Å²) >= 11 is 12.1. The van der Waals surface area contributed by atoms with Gasteiger partial charge in [0.05, 0.1) is 10.6 Å². The molecule has 1 fully saturated rings. The summed E-state index contributed by atoms with van der Waals surface area (Å²) in [5.41, 5.74) is 1.39. The number of rotatable bonds is 2. The molecule has 0 atom stereocenters. The minimum Gasteiger partial charge on any atom is -0.370 e. The Balaban J connectivity index is 1.72. The Bertz CT molecular complexity index is 736. The number of hydrogen-bond acceptors (Lipinski definition) is 2. The fourth-order valence-corrected chi connectivity index (χ4v) is 3.23. The normalized spacial score (nSPS) is 15.3. The maximum atomic E-state index is 13.1. The molecule has 2 aromatic carbocycles. The van der Waals surface area contributed by atoms with Crippen molar-refractivity contribution in [2.45, 2.75) is 6.42 Å². The van der Waals surface area contributed by atoms with Crippen LogP contribution >= 0.6 is 23.2 Å². The molecule has 1 heterocycles. The molecule has 3 nitrogen and oxygen atoms in total. The van der Waals surface area contributed by atoms with Crippen molar-refractivity contribution in [3.8, 4) is 0 Å². The topological polar surface area (TPSA) is 23.6 Å². The van der Waals surface area contributed by atoms with E-state index in [1.54, 1.807) is 35.2 Å². The van der Waals surface area contributed by atoms with Crippen LogP contribution in [0.15, 0.2) is 42.5 Å².